The van der Waals surface area contributed by atoms with Gasteiger partial charge in [-0.25, -0.2) is 0 Å². The van der Waals surface area contributed by atoms with Crippen molar-refractivity contribution in [2.24, 2.45) is 0 Å². The Morgan fingerprint density at radius 1 is 1.55 bits per heavy atom. The molecule has 0 spiro atoms. The SMILES string of the molecule is Cc1cc(C(=O)N(Cc2cccnc2)C[C@@H]2CCCO2)n[nH]1. The van der Waals surface area contributed by atoms with Gasteiger partial charge in [-0.3, -0.25) is 14.9 Å². The van der Waals surface area contributed by atoms with E-state index in [0.29, 0.717) is 18.8 Å². The minimum atomic E-state index is -0.0799. The Labute approximate surface area is 129 Å². The number of carbonyl (C=O) groups is 1. The molecule has 1 aliphatic rings. The molecule has 0 bridgehead atoms. The van der Waals surface area contributed by atoms with Crippen molar-refractivity contribution in [3.63, 3.8) is 0 Å². The van der Waals surface area contributed by atoms with Gasteiger partial charge in [0.25, 0.3) is 5.91 Å². The molecule has 1 saturated heterocycles. The zero-order chi connectivity index (χ0) is 15.4. The van der Waals surface area contributed by atoms with Crippen LogP contribution >= 0.6 is 0 Å². The fourth-order valence-electron chi connectivity index (χ4n) is 2.66. The van der Waals surface area contributed by atoms with Crippen molar-refractivity contribution in [3.05, 3.63) is 47.5 Å². The number of hydrogen-bond acceptors (Lipinski definition) is 4. The second-order valence-electron chi connectivity index (χ2n) is 5.62. The lowest BCUT2D eigenvalue weighted by Crippen LogP contribution is -2.37. The molecule has 22 heavy (non-hydrogen) atoms. The monoisotopic (exact) mass is 300 g/mol. The minimum Gasteiger partial charge on any atom is -0.376 e. The second-order valence-corrected chi connectivity index (χ2v) is 5.62. The number of nitrogens with zero attached hydrogens (tertiary/aromatic N) is 3. The van der Waals surface area contributed by atoms with E-state index < -0.39 is 0 Å². The summed E-state index contributed by atoms with van der Waals surface area (Å²) in [5.74, 6) is -0.0799. The molecular formula is C16H20N4O2. The van der Waals surface area contributed by atoms with Crippen LogP contribution in [-0.4, -0.2) is 45.2 Å². The van der Waals surface area contributed by atoms with Crippen molar-refractivity contribution in [1.29, 1.82) is 0 Å². The highest BCUT2D eigenvalue weighted by molar-refractivity contribution is 5.92. The average molecular weight is 300 g/mol. The van der Waals surface area contributed by atoms with Gasteiger partial charge in [-0.05, 0) is 37.5 Å². The average Bonchev–Trinajstić information content (AvgIpc) is 3.18. The molecule has 0 aromatic carbocycles. The van der Waals surface area contributed by atoms with Crippen LogP contribution in [0.15, 0.2) is 30.6 Å². The molecule has 0 saturated carbocycles. The van der Waals surface area contributed by atoms with E-state index in [2.05, 4.69) is 15.2 Å². The van der Waals surface area contributed by atoms with Gasteiger partial charge in [0, 0.05) is 37.8 Å². The molecule has 0 aliphatic carbocycles. The van der Waals surface area contributed by atoms with Crippen LogP contribution in [0, 0.1) is 6.92 Å². The molecule has 1 atom stereocenters. The number of carbonyl (C=O) groups excluding carboxylic acids is 1. The third-order valence-electron chi connectivity index (χ3n) is 3.76. The largest absolute Gasteiger partial charge is 0.376 e. The Bertz CT molecular complexity index is 620. The zero-order valence-corrected chi connectivity index (χ0v) is 12.7. The van der Waals surface area contributed by atoms with Crippen molar-refractivity contribution in [3.8, 4) is 0 Å². The highest BCUT2D eigenvalue weighted by atomic mass is 16.5. The van der Waals surface area contributed by atoms with E-state index >= 15 is 0 Å². The van der Waals surface area contributed by atoms with E-state index in [-0.39, 0.29) is 12.0 Å². The number of nitrogens with one attached hydrogen (secondary N) is 1. The van der Waals surface area contributed by atoms with Crippen LogP contribution in [0.5, 0.6) is 0 Å². The predicted octanol–water partition coefficient (Wildman–Crippen LogP) is 1.93. The Hall–Kier alpha value is -2.21. The van der Waals surface area contributed by atoms with Gasteiger partial charge in [0.05, 0.1) is 6.10 Å². The molecule has 0 radical (unpaired) electrons. The number of hydrogen-bond donors (Lipinski definition) is 1. The summed E-state index contributed by atoms with van der Waals surface area (Å²) in [7, 11) is 0. The molecule has 1 fully saturated rings. The van der Waals surface area contributed by atoms with Gasteiger partial charge in [0.1, 0.15) is 5.69 Å². The van der Waals surface area contributed by atoms with Crippen LogP contribution in [0.1, 0.15) is 34.6 Å². The normalized spacial score (nSPS) is 17.6. The maximum Gasteiger partial charge on any atom is 0.274 e. The molecule has 2 aromatic heterocycles. The van der Waals surface area contributed by atoms with Gasteiger partial charge < -0.3 is 9.64 Å². The molecule has 6 nitrogen and oxygen atoms in total. The van der Waals surface area contributed by atoms with E-state index in [1.165, 1.54) is 0 Å². The summed E-state index contributed by atoms with van der Waals surface area (Å²) >= 11 is 0. The number of aromatic nitrogens is 3. The topological polar surface area (TPSA) is 71.1 Å². The molecule has 1 N–H and O–H groups in total. The fraction of sp³-hybridized carbons (Fsp3) is 0.438. The van der Waals surface area contributed by atoms with E-state index in [1.807, 2.05) is 19.1 Å². The van der Waals surface area contributed by atoms with E-state index in [9.17, 15) is 4.79 Å². The molecule has 0 unspecified atom stereocenters. The molecule has 3 heterocycles. The first kappa shape index (κ1) is 14.7. The minimum absolute atomic E-state index is 0.0799. The summed E-state index contributed by atoms with van der Waals surface area (Å²) in [6.07, 6.45) is 5.68. The summed E-state index contributed by atoms with van der Waals surface area (Å²) < 4.78 is 5.67. The Balaban J connectivity index is 1.76. The van der Waals surface area contributed by atoms with E-state index in [4.69, 9.17) is 4.74 Å². The van der Waals surface area contributed by atoms with E-state index in [1.54, 1.807) is 23.4 Å². The van der Waals surface area contributed by atoms with Gasteiger partial charge in [-0.1, -0.05) is 6.07 Å². The third kappa shape index (κ3) is 3.51. The van der Waals surface area contributed by atoms with Crippen molar-refractivity contribution >= 4 is 5.91 Å². The Kier molecular flexibility index (Phi) is 4.48. The lowest BCUT2D eigenvalue weighted by atomic mass is 10.2. The number of rotatable bonds is 5. The summed E-state index contributed by atoms with van der Waals surface area (Å²) in [6, 6.07) is 5.62. The number of ether oxygens (including phenoxy) is 1. The highest BCUT2D eigenvalue weighted by Crippen LogP contribution is 2.16. The Morgan fingerprint density at radius 3 is 3.09 bits per heavy atom. The third-order valence-corrected chi connectivity index (χ3v) is 3.76. The first-order valence-corrected chi connectivity index (χ1v) is 7.54. The van der Waals surface area contributed by atoms with Crippen molar-refractivity contribution in [2.45, 2.75) is 32.4 Å². The van der Waals surface area contributed by atoms with Gasteiger partial charge in [0.2, 0.25) is 0 Å². The van der Waals surface area contributed by atoms with Crippen LogP contribution in [-0.2, 0) is 11.3 Å². The lowest BCUT2D eigenvalue weighted by Gasteiger charge is -2.24. The molecule has 2 aromatic rings. The second kappa shape index (κ2) is 6.70. The van der Waals surface area contributed by atoms with Crippen molar-refractivity contribution in [2.75, 3.05) is 13.2 Å². The molecular weight excluding hydrogens is 280 g/mol. The number of pyridine rings is 1. The molecule has 3 rings (SSSR count). The highest BCUT2D eigenvalue weighted by Gasteiger charge is 2.24. The lowest BCUT2D eigenvalue weighted by molar-refractivity contribution is 0.0502. The number of H-pyrrole nitrogens is 1. The van der Waals surface area contributed by atoms with Crippen LogP contribution in [0.4, 0.5) is 0 Å². The fourth-order valence-corrected chi connectivity index (χ4v) is 2.66. The van der Waals surface area contributed by atoms with Gasteiger partial charge in [-0.2, -0.15) is 5.10 Å². The summed E-state index contributed by atoms with van der Waals surface area (Å²) in [5, 5.41) is 6.90. The zero-order valence-electron chi connectivity index (χ0n) is 12.7. The molecule has 6 heteroatoms. The summed E-state index contributed by atoms with van der Waals surface area (Å²) in [5.41, 5.74) is 2.32. The quantitative estimate of drug-likeness (QED) is 0.916. The number of amides is 1. The van der Waals surface area contributed by atoms with Crippen molar-refractivity contribution < 1.29 is 9.53 Å². The number of aromatic amines is 1. The van der Waals surface area contributed by atoms with Crippen molar-refractivity contribution in [1.82, 2.24) is 20.1 Å². The van der Waals surface area contributed by atoms with Gasteiger partial charge in [-0.15, -0.1) is 0 Å². The molecule has 1 amide bonds. The summed E-state index contributed by atoms with van der Waals surface area (Å²) in [4.78, 5) is 18.6. The number of aryl methyl sites for hydroxylation is 1. The molecule has 116 valence electrons. The smallest absolute Gasteiger partial charge is 0.274 e. The van der Waals surface area contributed by atoms with Crippen LogP contribution in [0.3, 0.4) is 0 Å². The Morgan fingerprint density at radius 2 is 2.45 bits per heavy atom. The maximum atomic E-state index is 12.7. The first-order valence-electron chi connectivity index (χ1n) is 7.54. The van der Waals surface area contributed by atoms with Crippen LogP contribution in [0.25, 0.3) is 0 Å². The van der Waals surface area contributed by atoms with E-state index in [0.717, 1.165) is 30.7 Å². The molecule has 1 aliphatic heterocycles. The van der Waals surface area contributed by atoms with Gasteiger partial charge >= 0.3 is 0 Å². The van der Waals surface area contributed by atoms with Gasteiger partial charge in [0.15, 0.2) is 0 Å². The first-order chi connectivity index (χ1) is 10.7. The maximum absolute atomic E-state index is 12.7. The standard InChI is InChI=1S/C16H20N4O2/c1-12-8-15(19-18-12)16(21)20(11-14-5-3-7-22-14)10-13-4-2-6-17-9-13/h2,4,6,8-9,14H,3,5,7,10-11H2,1H3,(H,18,19)/t14-/m0/s1. The predicted molar refractivity (Wildman–Crippen MR) is 81.3 cm³/mol. The summed E-state index contributed by atoms with van der Waals surface area (Å²) in [6.45, 7) is 3.76. The van der Waals surface area contributed by atoms with Crippen LogP contribution < -0.4 is 0 Å². The van der Waals surface area contributed by atoms with Crippen LogP contribution in [0.2, 0.25) is 0 Å².